The highest BCUT2D eigenvalue weighted by Crippen LogP contribution is 2.46. The summed E-state index contributed by atoms with van der Waals surface area (Å²) in [7, 11) is 0. The van der Waals surface area contributed by atoms with Crippen molar-refractivity contribution in [1.82, 2.24) is 4.98 Å². The quantitative estimate of drug-likeness (QED) is 0.121. The van der Waals surface area contributed by atoms with Crippen LogP contribution in [0.3, 0.4) is 0 Å². The molecule has 3 heterocycles. The zero-order chi connectivity index (χ0) is 30.2. The van der Waals surface area contributed by atoms with Crippen LogP contribution in [0.2, 0.25) is 0 Å². The molecule has 2 aliphatic heterocycles. The van der Waals surface area contributed by atoms with Gasteiger partial charge in [-0.25, -0.2) is 4.98 Å². The molecule has 9 nitrogen and oxygen atoms in total. The molecular formula is C34H26N2O7S. The molecule has 0 spiro atoms. The van der Waals surface area contributed by atoms with Gasteiger partial charge >= 0.3 is 5.91 Å². The molecule has 7 rings (SSSR count). The molecule has 10 heteroatoms. The van der Waals surface area contributed by atoms with Crippen molar-refractivity contribution in [2.24, 2.45) is 0 Å². The summed E-state index contributed by atoms with van der Waals surface area (Å²) < 4.78 is 23.8. The van der Waals surface area contributed by atoms with Gasteiger partial charge in [0.2, 0.25) is 0 Å². The summed E-state index contributed by atoms with van der Waals surface area (Å²) in [6, 6.07) is 25.8. The second-order valence-corrected chi connectivity index (χ2v) is 11.1. The van der Waals surface area contributed by atoms with Crippen molar-refractivity contribution in [1.29, 1.82) is 0 Å². The molecular weight excluding hydrogens is 580 g/mol. The topological polar surface area (TPSA) is 107 Å². The Morgan fingerprint density at radius 1 is 0.909 bits per heavy atom. The molecule has 0 saturated carbocycles. The van der Waals surface area contributed by atoms with Crippen molar-refractivity contribution in [3.05, 3.63) is 108 Å². The molecule has 0 aliphatic carbocycles. The van der Waals surface area contributed by atoms with Crippen LogP contribution in [0.1, 0.15) is 24.1 Å². The fourth-order valence-electron chi connectivity index (χ4n) is 5.32. The molecule has 0 radical (unpaired) electrons. The second-order valence-electron chi connectivity index (χ2n) is 10.1. The number of para-hydroxylation sites is 1. The number of rotatable bonds is 7. The summed E-state index contributed by atoms with van der Waals surface area (Å²) in [6.07, 6.45) is 0. The minimum atomic E-state index is -0.991. The molecule has 2 aliphatic rings. The maximum Gasteiger partial charge on any atom is 0.301 e. The van der Waals surface area contributed by atoms with Gasteiger partial charge in [0, 0.05) is 5.56 Å². The van der Waals surface area contributed by atoms with Gasteiger partial charge in [-0.2, -0.15) is 0 Å². The van der Waals surface area contributed by atoms with Gasteiger partial charge in [-0.3, -0.25) is 14.5 Å². The number of carbonyl (C=O) groups excluding carboxylic acids is 2. The molecule has 1 unspecified atom stereocenters. The number of anilines is 1. The van der Waals surface area contributed by atoms with Crippen molar-refractivity contribution in [3.63, 3.8) is 0 Å². The minimum Gasteiger partial charge on any atom is -0.507 e. The number of ketones is 1. The first-order valence-electron chi connectivity index (χ1n) is 14.1. The number of aliphatic hydroxyl groups is 1. The number of benzene rings is 4. The third kappa shape index (κ3) is 4.99. The number of fused-ring (bicyclic) bond motifs is 2. The molecule has 0 bridgehead atoms. The number of amides is 1. The van der Waals surface area contributed by atoms with Gasteiger partial charge in [-0.1, -0.05) is 41.7 Å². The lowest BCUT2D eigenvalue weighted by atomic mass is 9.95. The van der Waals surface area contributed by atoms with Crippen LogP contribution in [0, 0.1) is 0 Å². The average Bonchev–Trinajstić information content (AvgIpc) is 3.58. The first-order valence-corrected chi connectivity index (χ1v) is 14.9. The van der Waals surface area contributed by atoms with Crippen LogP contribution in [-0.2, 0) is 9.59 Å². The normalized spacial score (nSPS) is 17.2. The third-order valence-electron chi connectivity index (χ3n) is 7.28. The molecule has 1 amide bonds. The van der Waals surface area contributed by atoms with Crippen molar-refractivity contribution in [2.45, 2.75) is 13.0 Å². The largest absolute Gasteiger partial charge is 0.507 e. The summed E-state index contributed by atoms with van der Waals surface area (Å²) in [5.74, 6) is 0.839. The van der Waals surface area contributed by atoms with Gasteiger partial charge in [-0.15, -0.1) is 0 Å². The average molecular weight is 607 g/mol. The number of Topliss-reactive ketones (excluding diaryl/α,β-unsaturated/α-hetero) is 1. The van der Waals surface area contributed by atoms with E-state index in [2.05, 4.69) is 0 Å². The summed E-state index contributed by atoms with van der Waals surface area (Å²) in [5.41, 5.74) is 1.46. The van der Waals surface area contributed by atoms with Gasteiger partial charge in [0.15, 0.2) is 16.6 Å². The molecule has 1 N–H and O–H groups in total. The van der Waals surface area contributed by atoms with E-state index in [9.17, 15) is 14.7 Å². The lowest BCUT2D eigenvalue weighted by Crippen LogP contribution is -2.29. The lowest BCUT2D eigenvalue weighted by molar-refractivity contribution is -0.132. The van der Waals surface area contributed by atoms with Crippen LogP contribution in [0.4, 0.5) is 5.13 Å². The summed E-state index contributed by atoms with van der Waals surface area (Å²) in [4.78, 5) is 33.6. The Hall–Kier alpha value is -5.35. The van der Waals surface area contributed by atoms with Gasteiger partial charge in [0.1, 0.15) is 36.2 Å². The highest BCUT2D eigenvalue weighted by Gasteiger charge is 2.48. The first kappa shape index (κ1) is 27.5. The number of carbonyl (C=O) groups is 2. The van der Waals surface area contributed by atoms with E-state index in [4.69, 9.17) is 23.9 Å². The van der Waals surface area contributed by atoms with Gasteiger partial charge in [-0.05, 0) is 73.2 Å². The Bertz CT molecular complexity index is 1940. The maximum atomic E-state index is 13.8. The van der Waals surface area contributed by atoms with E-state index in [-0.39, 0.29) is 11.3 Å². The highest BCUT2D eigenvalue weighted by atomic mass is 32.1. The van der Waals surface area contributed by atoms with Crippen LogP contribution in [0.25, 0.3) is 16.0 Å². The fourth-order valence-corrected chi connectivity index (χ4v) is 6.34. The van der Waals surface area contributed by atoms with Crippen LogP contribution < -0.4 is 23.8 Å². The molecule has 5 aromatic rings. The Balaban J connectivity index is 1.37. The predicted molar refractivity (Wildman–Crippen MR) is 166 cm³/mol. The van der Waals surface area contributed by atoms with Gasteiger partial charge < -0.3 is 24.1 Å². The SMILES string of the molecule is CCOc1ccc2nc(N3C(=O)C(=O)/C(=C(/O)c4ccc5c(c4)OCCO5)C3c3cccc(Oc4ccccc4)c3)sc2c1. The number of hydrogen-bond acceptors (Lipinski definition) is 9. The van der Waals surface area contributed by atoms with Crippen molar-refractivity contribution < 1.29 is 33.6 Å². The molecule has 44 heavy (non-hydrogen) atoms. The molecule has 1 atom stereocenters. The summed E-state index contributed by atoms with van der Waals surface area (Å²) >= 11 is 1.26. The third-order valence-corrected chi connectivity index (χ3v) is 8.30. The zero-order valence-corrected chi connectivity index (χ0v) is 24.4. The molecule has 220 valence electrons. The van der Waals surface area contributed by atoms with Gasteiger partial charge in [0.25, 0.3) is 5.78 Å². The number of aromatic nitrogens is 1. The molecule has 1 fully saturated rings. The number of thiazole rings is 1. The molecule has 4 aromatic carbocycles. The first-order chi connectivity index (χ1) is 21.5. The second kappa shape index (κ2) is 11.4. The van der Waals surface area contributed by atoms with E-state index >= 15 is 0 Å². The molecule has 1 saturated heterocycles. The fraction of sp³-hybridized carbons (Fsp3) is 0.147. The standard InChI is InChI=1S/C34H26N2O7S/c1-2-40-23-12-13-25-28(19-23)44-34(35-25)36-30(20-7-6-10-24(17-20)43-22-8-4-3-5-9-22)29(32(38)33(36)39)31(37)21-11-14-26-27(18-21)42-16-15-41-26/h3-14,17-19,30,37H,2,15-16H2,1H3/b31-29+. The zero-order valence-electron chi connectivity index (χ0n) is 23.6. The minimum absolute atomic E-state index is 0.0715. The predicted octanol–water partition coefficient (Wildman–Crippen LogP) is 6.88. The smallest absolute Gasteiger partial charge is 0.301 e. The van der Waals surface area contributed by atoms with E-state index < -0.39 is 17.7 Å². The molecule has 1 aromatic heterocycles. The number of hydrogen-bond donors (Lipinski definition) is 1. The van der Waals surface area contributed by atoms with Crippen molar-refractivity contribution >= 4 is 44.1 Å². The van der Waals surface area contributed by atoms with Crippen molar-refractivity contribution in [3.8, 4) is 28.7 Å². The van der Waals surface area contributed by atoms with Crippen LogP contribution in [-0.4, -0.2) is 41.6 Å². The number of aliphatic hydroxyl groups excluding tert-OH is 1. The Labute approximate surface area is 256 Å². The summed E-state index contributed by atoms with van der Waals surface area (Å²) in [5, 5.41) is 12.0. The van der Waals surface area contributed by atoms with Crippen molar-refractivity contribution in [2.75, 3.05) is 24.7 Å². The van der Waals surface area contributed by atoms with E-state index in [1.54, 1.807) is 42.5 Å². The monoisotopic (exact) mass is 606 g/mol. The highest BCUT2D eigenvalue weighted by molar-refractivity contribution is 7.22. The van der Waals surface area contributed by atoms with Crippen LogP contribution in [0.5, 0.6) is 28.7 Å². The van der Waals surface area contributed by atoms with E-state index in [1.807, 2.05) is 55.5 Å². The maximum absolute atomic E-state index is 13.8. The lowest BCUT2D eigenvalue weighted by Gasteiger charge is -2.23. The Kier molecular flexibility index (Phi) is 7.11. The number of ether oxygens (including phenoxy) is 4. The van der Waals surface area contributed by atoms with Gasteiger partial charge in [0.05, 0.1) is 28.4 Å². The Morgan fingerprint density at radius 3 is 2.52 bits per heavy atom. The van der Waals surface area contributed by atoms with Crippen LogP contribution >= 0.6 is 11.3 Å². The Morgan fingerprint density at radius 2 is 1.70 bits per heavy atom. The van der Waals surface area contributed by atoms with E-state index in [0.717, 1.165) is 4.70 Å². The van der Waals surface area contributed by atoms with E-state index in [1.165, 1.54) is 16.2 Å². The summed E-state index contributed by atoms with van der Waals surface area (Å²) in [6.45, 7) is 3.18. The van der Waals surface area contributed by atoms with E-state index in [0.29, 0.717) is 70.3 Å². The number of nitrogens with zero attached hydrogens (tertiary/aromatic N) is 2. The van der Waals surface area contributed by atoms with Crippen LogP contribution in [0.15, 0.2) is 96.6 Å².